The average molecular weight is 346 g/mol. The van der Waals surface area contributed by atoms with Crippen LogP contribution >= 0.6 is 0 Å². The molecule has 7 nitrogen and oxygen atoms in total. The van der Waals surface area contributed by atoms with E-state index in [4.69, 9.17) is 5.73 Å². The van der Waals surface area contributed by atoms with Gasteiger partial charge < -0.3 is 11.1 Å². The molecule has 0 bridgehead atoms. The van der Waals surface area contributed by atoms with Crippen LogP contribution in [0.15, 0.2) is 36.5 Å². The summed E-state index contributed by atoms with van der Waals surface area (Å²) in [6, 6.07) is 9.15. The van der Waals surface area contributed by atoms with E-state index in [0.29, 0.717) is 11.4 Å². The van der Waals surface area contributed by atoms with E-state index in [1.165, 1.54) is 4.68 Å². The van der Waals surface area contributed by atoms with Crippen LogP contribution in [-0.4, -0.2) is 44.9 Å². The largest absolute Gasteiger partial charge is 0.344 e. The van der Waals surface area contributed by atoms with E-state index < -0.39 is 24.9 Å². The van der Waals surface area contributed by atoms with Crippen LogP contribution in [0, 0.1) is 6.92 Å². The Balaban J connectivity index is 1.92. The molecule has 2 heterocycles. The van der Waals surface area contributed by atoms with Crippen LogP contribution in [0.4, 0.5) is 8.78 Å². The van der Waals surface area contributed by atoms with Crippen molar-refractivity contribution in [3.8, 4) is 5.69 Å². The number of nitrogens with zero attached hydrogens (tertiary/aromatic N) is 4. The summed E-state index contributed by atoms with van der Waals surface area (Å²) in [6.45, 7) is -0.0556. The number of carbonyl (C=O) groups is 1. The number of fused-ring (bicyclic) bond motifs is 1. The van der Waals surface area contributed by atoms with Gasteiger partial charge in [-0.05, 0) is 31.2 Å². The van der Waals surface area contributed by atoms with E-state index in [-0.39, 0.29) is 5.69 Å². The third-order valence-corrected chi connectivity index (χ3v) is 3.77. The molecule has 0 aliphatic carbocycles. The summed E-state index contributed by atoms with van der Waals surface area (Å²) in [6.07, 6.45) is 1.68. The fraction of sp³-hybridized carbons (Fsp3) is 0.250. The second kappa shape index (κ2) is 6.52. The number of hydrogen-bond donors (Lipinski definition) is 2. The molecule has 0 radical (unpaired) electrons. The van der Waals surface area contributed by atoms with Crippen LogP contribution in [0.5, 0.6) is 0 Å². The van der Waals surface area contributed by atoms with E-state index in [2.05, 4.69) is 20.6 Å². The quantitative estimate of drug-likeness (QED) is 0.728. The lowest BCUT2D eigenvalue weighted by atomic mass is 10.2. The highest BCUT2D eigenvalue weighted by molar-refractivity contribution is 5.94. The van der Waals surface area contributed by atoms with Gasteiger partial charge in [-0.1, -0.05) is 11.3 Å². The number of halogens is 2. The summed E-state index contributed by atoms with van der Waals surface area (Å²) in [4.78, 5) is 16.4. The first-order valence-electron chi connectivity index (χ1n) is 7.55. The van der Waals surface area contributed by atoms with Gasteiger partial charge in [0.1, 0.15) is 0 Å². The number of nitrogens with one attached hydrogen (secondary N) is 1. The molecule has 130 valence electrons. The number of rotatable bonds is 5. The van der Waals surface area contributed by atoms with E-state index in [0.717, 1.165) is 10.9 Å². The Hall–Kier alpha value is -2.94. The number of carbonyl (C=O) groups excluding carboxylic acids is 1. The Morgan fingerprint density at radius 2 is 2.12 bits per heavy atom. The predicted molar refractivity (Wildman–Crippen MR) is 87.7 cm³/mol. The Bertz CT molecular complexity index is 919. The molecule has 1 amide bonds. The van der Waals surface area contributed by atoms with Crippen LogP contribution in [0.25, 0.3) is 16.6 Å². The van der Waals surface area contributed by atoms with Gasteiger partial charge >= 0.3 is 0 Å². The van der Waals surface area contributed by atoms with E-state index in [1.807, 2.05) is 24.3 Å². The van der Waals surface area contributed by atoms with Crippen LogP contribution < -0.4 is 11.1 Å². The molecule has 0 unspecified atom stereocenters. The summed E-state index contributed by atoms with van der Waals surface area (Å²) >= 11 is 0. The van der Waals surface area contributed by atoms with Gasteiger partial charge in [-0.2, -0.15) is 0 Å². The van der Waals surface area contributed by atoms with Crippen molar-refractivity contribution in [2.75, 3.05) is 13.1 Å². The lowest BCUT2D eigenvalue weighted by molar-refractivity contribution is 0.0118. The minimum absolute atomic E-state index is 0.0197. The smallest absolute Gasteiger partial charge is 0.277 e. The molecule has 0 saturated heterocycles. The molecule has 1 aromatic carbocycles. The van der Waals surface area contributed by atoms with Gasteiger partial charge in [0.15, 0.2) is 5.69 Å². The fourth-order valence-electron chi connectivity index (χ4n) is 2.41. The van der Waals surface area contributed by atoms with Gasteiger partial charge in [0, 0.05) is 11.6 Å². The summed E-state index contributed by atoms with van der Waals surface area (Å²) < 4.78 is 27.9. The van der Waals surface area contributed by atoms with Crippen molar-refractivity contribution in [2.24, 2.45) is 5.73 Å². The molecule has 0 spiro atoms. The first kappa shape index (κ1) is 16.9. The second-order valence-corrected chi connectivity index (χ2v) is 5.53. The highest BCUT2D eigenvalue weighted by Crippen LogP contribution is 2.21. The summed E-state index contributed by atoms with van der Waals surface area (Å²) in [5.41, 5.74) is 6.83. The maximum atomic E-state index is 13.2. The molecule has 25 heavy (non-hydrogen) atoms. The Labute approximate surface area is 141 Å². The van der Waals surface area contributed by atoms with Crippen molar-refractivity contribution in [3.05, 3.63) is 47.9 Å². The zero-order chi connectivity index (χ0) is 18.0. The first-order chi connectivity index (χ1) is 11.9. The maximum absolute atomic E-state index is 13.2. The molecule has 0 fully saturated rings. The number of benzene rings is 1. The molecule has 9 heteroatoms. The highest BCUT2D eigenvalue weighted by atomic mass is 19.3. The first-order valence-corrected chi connectivity index (χ1v) is 7.55. The fourth-order valence-corrected chi connectivity index (χ4v) is 2.41. The van der Waals surface area contributed by atoms with Gasteiger partial charge in [-0.25, -0.2) is 13.5 Å². The zero-order valence-electron chi connectivity index (χ0n) is 13.4. The van der Waals surface area contributed by atoms with Crippen molar-refractivity contribution in [2.45, 2.75) is 12.8 Å². The van der Waals surface area contributed by atoms with E-state index in [9.17, 15) is 13.6 Å². The number of hydrogen-bond acceptors (Lipinski definition) is 5. The molecule has 0 aliphatic rings. The zero-order valence-corrected chi connectivity index (χ0v) is 13.4. The number of alkyl halides is 2. The molecule has 3 aromatic rings. The van der Waals surface area contributed by atoms with Gasteiger partial charge in [0.2, 0.25) is 0 Å². The monoisotopic (exact) mass is 346 g/mol. The summed E-state index contributed by atoms with van der Waals surface area (Å²) in [7, 11) is 0. The molecular formula is C16H16F2N6O. The topological polar surface area (TPSA) is 98.7 Å². The van der Waals surface area contributed by atoms with Crippen molar-refractivity contribution in [1.29, 1.82) is 0 Å². The van der Waals surface area contributed by atoms with Gasteiger partial charge in [-0.3, -0.25) is 9.78 Å². The molecule has 0 atom stereocenters. The number of amides is 1. The molecule has 3 rings (SSSR count). The van der Waals surface area contributed by atoms with E-state index in [1.54, 1.807) is 19.2 Å². The lowest BCUT2D eigenvalue weighted by Crippen LogP contribution is -2.41. The number of pyridine rings is 1. The van der Waals surface area contributed by atoms with Crippen LogP contribution in [0.3, 0.4) is 0 Å². The summed E-state index contributed by atoms with van der Waals surface area (Å²) in [5.74, 6) is -3.89. The molecular weight excluding hydrogens is 330 g/mol. The molecule has 2 aromatic heterocycles. The minimum atomic E-state index is -3.17. The molecule has 0 saturated carbocycles. The normalized spacial score (nSPS) is 11.7. The third-order valence-electron chi connectivity index (χ3n) is 3.77. The molecule has 0 aliphatic heterocycles. The second-order valence-electron chi connectivity index (χ2n) is 5.53. The van der Waals surface area contributed by atoms with Crippen molar-refractivity contribution < 1.29 is 13.6 Å². The van der Waals surface area contributed by atoms with Gasteiger partial charge in [-0.15, -0.1) is 5.10 Å². The number of aromatic nitrogens is 4. The lowest BCUT2D eigenvalue weighted by Gasteiger charge is -2.14. The Morgan fingerprint density at radius 3 is 2.88 bits per heavy atom. The van der Waals surface area contributed by atoms with Crippen LogP contribution in [-0.2, 0) is 0 Å². The third kappa shape index (κ3) is 3.31. The minimum Gasteiger partial charge on any atom is -0.344 e. The Kier molecular flexibility index (Phi) is 4.41. The number of nitrogens with two attached hydrogens (primary N) is 1. The van der Waals surface area contributed by atoms with Gasteiger partial charge in [0.25, 0.3) is 11.8 Å². The van der Waals surface area contributed by atoms with E-state index >= 15 is 0 Å². The SMILES string of the molecule is Cc1c(C(=O)NCC(F)(F)CN)nnn1-c1cccc2ncccc12. The molecule has 3 N–H and O–H groups in total. The van der Waals surface area contributed by atoms with Crippen molar-refractivity contribution in [3.63, 3.8) is 0 Å². The van der Waals surface area contributed by atoms with Crippen molar-refractivity contribution >= 4 is 16.8 Å². The Morgan fingerprint density at radius 1 is 1.32 bits per heavy atom. The van der Waals surface area contributed by atoms with Crippen molar-refractivity contribution in [1.82, 2.24) is 25.3 Å². The van der Waals surface area contributed by atoms with Crippen LogP contribution in [0.1, 0.15) is 16.2 Å². The predicted octanol–water partition coefficient (Wildman–Crippen LogP) is 1.45. The standard InChI is InChI=1S/C16H16F2N6O/c1-10-14(15(25)21-9-16(17,18)8-19)22-23-24(10)13-6-2-5-12-11(13)4-3-7-20-12/h2-7H,8-9,19H2,1H3,(H,21,25). The van der Waals surface area contributed by atoms with Gasteiger partial charge in [0.05, 0.1) is 30.0 Å². The average Bonchev–Trinajstić information content (AvgIpc) is 3.00. The van der Waals surface area contributed by atoms with Crippen LogP contribution in [0.2, 0.25) is 0 Å². The highest BCUT2D eigenvalue weighted by Gasteiger charge is 2.28. The summed E-state index contributed by atoms with van der Waals surface area (Å²) in [5, 5.41) is 10.8. The maximum Gasteiger partial charge on any atom is 0.277 e.